The number of hydrogen-bond donors (Lipinski definition) is 3. The summed E-state index contributed by atoms with van der Waals surface area (Å²) >= 11 is 0. The zero-order chi connectivity index (χ0) is 21.8. The number of para-hydroxylation sites is 1. The van der Waals surface area contributed by atoms with Gasteiger partial charge in [0.25, 0.3) is 0 Å². The molecule has 1 aromatic heterocycles. The third kappa shape index (κ3) is 6.24. The molecular weight excluding hydrogens is 515 g/mol. The van der Waals surface area contributed by atoms with E-state index in [0.717, 1.165) is 61.2 Å². The molecule has 174 valence electrons. The highest BCUT2D eigenvalue weighted by molar-refractivity contribution is 14.0. The Kier molecular flexibility index (Phi) is 8.56. The molecular formula is C24H35IN6O. The van der Waals surface area contributed by atoms with Gasteiger partial charge in [-0.2, -0.15) is 0 Å². The normalized spacial score (nSPS) is 20.9. The predicted octanol–water partition coefficient (Wildman–Crippen LogP) is 3.42. The van der Waals surface area contributed by atoms with Gasteiger partial charge in [0.2, 0.25) is 5.91 Å². The average molecular weight is 550 g/mol. The molecule has 2 unspecified atom stereocenters. The van der Waals surface area contributed by atoms with E-state index in [2.05, 4.69) is 33.1 Å². The molecule has 2 aliphatic carbocycles. The number of halogens is 1. The van der Waals surface area contributed by atoms with Gasteiger partial charge in [0, 0.05) is 51.1 Å². The minimum Gasteiger partial charge on any atom is -0.363 e. The Bertz CT molecular complexity index is 959. The van der Waals surface area contributed by atoms with E-state index >= 15 is 0 Å². The molecule has 1 amide bonds. The van der Waals surface area contributed by atoms with Crippen molar-refractivity contribution >= 4 is 52.6 Å². The van der Waals surface area contributed by atoms with Crippen molar-refractivity contribution in [2.75, 3.05) is 26.0 Å². The number of amides is 1. The largest absolute Gasteiger partial charge is 0.363 e. The first kappa shape index (κ1) is 24.5. The highest BCUT2D eigenvalue weighted by Crippen LogP contribution is 2.27. The molecule has 4 rings (SSSR count). The predicted molar refractivity (Wildman–Crippen MR) is 142 cm³/mol. The van der Waals surface area contributed by atoms with Crippen molar-refractivity contribution in [1.82, 2.24) is 20.9 Å². The zero-order valence-corrected chi connectivity index (χ0v) is 21.6. The van der Waals surface area contributed by atoms with E-state index in [-0.39, 0.29) is 41.8 Å². The molecule has 0 radical (unpaired) electrons. The maximum Gasteiger partial charge on any atom is 0.223 e. The summed E-state index contributed by atoms with van der Waals surface area (Å²) in [4.78, 5) is 23.7. The standard InChI is InChI=1S/C24H34N6O.HI/c1-25-24(28-19-8-6-7-16(13-19)23(31)27-18-11-12-18)26-15-17-14-22(30(2)3)29-21-10-5-4-9-20(17)21;/h4-5,9-10,14,16,18-19H,6-8,11-13,15H2,1-3H3,(H,27,31)(H2,25,26,28);1H. The van der Waals surface area contributed by atoms with Crippen molar-refractivity contribution in [1.29, 1.82) is 0 Å². The van der Waals surface area contributed by atoms with Crippen LogP contribution in [0.3, 0.4) is 0 Å². The van der Waals surface area contributed by atoms with E-state index < -0.39 is 0 Å². The average Bonchev–Trinajstić information content (AvgIpc) is 3.60. The Morgan fingerprint density at radius 2 is 1.91 bits per heavy atom. The van der Waals surface area contributed by atoms with Crippen molar-refractivity contribution in [3.8, 4) is 0 Å². The van der Waals surface area contributed by atoms with Gasteiger partial charge < -0.3 is 20.9 Å². The van der Waals surface area contributed by atoms with Crippen LogP contribution in [0, 0.1) is 5.92 Å². The smallest absolute Gasteiger partial charge is 0.223 e. The number of guanidine groups is 1. The molecule has 32 heavy (non-hydrogen) atoms. The lowest BCUT2D eigenvalue weighted by Gasteiger charge is -2.30. The molecule has 0 saturated heterocycles. The van der Waals surface area contributed by atoms with Crippen molar-refractivity contribution in [3.05, 3.63) is 35.9 Å². The highest BCUT2D eigenvalue weighted by atomic mass is 127. The summed E-state index contributed by atoms with van der Waals surface area (Å²) in [6, 6.07) is 11.0. The second-order valence-electron chi connectivity index (χ2n) is 8.96. The van der Waals surface area contributed by atoms with Crippen molar-refractivity contribution in [2.24, 2.45) is 10.9 Å². The first-order chi connectivity index (χ1) is 15.0. The molecule has 7 nitrogen and oxygen atoms in total. The number of nitrogens with one attached hydrogen (secondary N) is 3. The second kappa shape index (κ2) is 11.2. The monoisotopic (exact) mass is 550 g/mol. The van der Waals surface area contributed by atoms with E-state index in [1.807, 2.05) is 37.2 Å². The van der Waals surface area contributed by atoms with Crippen molar-refractivity contribution in [3.63, 3.8) is 0 Å². The SMILES string of the molecule is CN=C(NCc1cc(N(C)C)nc2ccccc12)NC1CCCC(C(=O)NC2CC2)C1.I. The fraction of sp³-hybridized carbons (Fsp3) is 0.542. The number of carbonyl (C=O) groups is 1. The Balaban J connectivity index is 0.00000289. The van der Waals surface area contributed by atoms with Crippen LogP contribution >= 0.6 is 24.0 Å². The van der Waals surface area contributed by atoms with Crippen LogP contribution in [0.25, 0.3) is 10.9 Å². The maximum atomic E-state index is 12.5. The third-order valence-corrected chi connectivity index (χ3v) is 6.23. The van der Waals surface area contributed by atoms with E-state index in [1.54, 1.807) is 7.05 Å². The minimum absolute atomic E-state index is 0. The summed E-state index contributed by atoms with van der Waals surface area (Å²) in [6.45, 7) is 0.655. The number of aromatic nitrogens is 1. The van der Waals surface area contributed by atoms with Crippen LogP contribution in [0.5, 0.6) is 0 Å². The number of pyridine rings is 1. The fourth-order valence-electron chi connectivity index (χ4n) is 4.28. The summed E-state index contributed by atoms with van der Waals surface area (Å²) < 4.78 is 0. The van der Waals surface area contributed by atoms with Crippen LogP contribution in [0.2, 0.25) is 0 Å². The van der Waals surface area contributed by atoms with Gasteiger partial charge in [-0.05, 0) is 49.8 Å². The van der Waals surface area contributed by atoms with Gasteiger partial charge in [-0.15, -0.1) is 24.0 Å². The summed E-state index contributed by atoms with van der Waals surface area (Å²) in [5.74, 6) is 2.06. The number of benzene rings is 1. The molecule has 2 fully saturated rings. The third-order valence-electron chi connectivity index (χ3n) is 6.23. The Morgan fingerprint density at radius 1 is 1.12 bits per heavy atom. The van der Waals surface area contributed by atoms with Crippen molar-refractivity contribution < 1.29 is 4.79 Å². The van der Waals surface area contributed by atoms with Crippen LogP contribution in [0.4, 0.5) is 5.82 Å². The van der Waals surface area contributed by atoms with E-state index in [0.29, 0.717) is 12.6 Å². The molecule has 0 bridgehead atoms. The first-order valence-electron chi connectivity index (χ1n) is 11.4. The molecule has 1 heterocycles. The summed E-state index contributed by atoms with van der Waals surface area (Å²) in [5.41, 5.74) is 2.17. The van der Waals surface area contributed by atoms with Crippen molar-refractivity contribution in [2.45, 2.75) is 57.2 Å². The first-order valence-corrected chi connectivity index (χ1v) is 11.4. The zero-order valence-electron chi connectivity index (χ0n) is 19.2. The Labute approximate surface area is 207 Å². The van der Waals surface area contributed by atoms with Gasteiger partial charge >= 0.3 is 0 Å². The second-order valence-corrected chi connectivity index (χ2v) is 8.96. The Morgan fingerprint density at radius 3 is 2.62 bits per heavy atom. The molecule has 0 spiro atoms. The van der Waals surface area contributed by atoms with Gasteiger partial charge in [-0.3, -0.25) is 9.79 Å². The molecule has 1 aromatic carbocycles. The number of fused-ring (bicyclic) bond motifs is 1. The lowest BCUT2D eigenvalue weighted by atomic mass is 9.85. The van der Waals surface area contributed by atoms with Crippen LogP contribution in [-0.4, -0.2) is 50.1 Å². The number of nitrogens with zero attached hydrogens (tertiary/aromatic N) is 3. The number of carbonyl (C=O) groups excluding carboxylic acids is 1. The van der Waals surface area contributed by atoms with Gasteiger partial charge in [-0.25, -0.2) is 4.98 Å². The number of anilines is 1. The lowest BCUT2D eigenvalue weighted by Crippen LogP contribution is -2.47. The van der Waals surface area contributed by atoms with Crippen LogP contribution in [-0.2, 0) is 11.3 Å². The number of rotatable bonds is 6. The number of aliphatic imine (C=N–C) groups is 1. The van der Waals surface area contributed by atoms with E-state index in [1.165, 1.54) is 5.56 Å². The van der Waals surface area contributed by atoms with Crippen LogP contribution in [0.15, 0.2) is 35.3 Å². The molecule has 2 aliphatic rings. The van der Waals surface area contributed by atoms with E-state index in [4.69, 9.17) is 4.98 Å². The summed E-state index contributed by atoms with van der Waals surface area (Å²) in [6.07, 6.45) is 6.25. The maximum absolute atomic E-state index is 12.5. The lowest BCUT2D eigenvalue weighted by molar-refractivity contribution is -0.126. The summed E-state index contributed by atoms with van der Waals surface area (Å²) in [7, 11) is 5.81. The molecule has 3 N–H and O–H groups in total. The van der Waals surface area contributed by atoms with Crippen LogP contribution < -0.4 is 20.9 Å². The minimum atomic E-state index is 0. The molecule has 2 aromatic rings. The molecule has 8 heteroatoms. The quantitative estimate of drug-likeness (QED) is 0.292. The summed E-state index contributed by atoms with van der Waals surface area (Å²) in [5, 5.41) is 11.3. The van der Waals surface area contributed by atoms with Gasteiger partial charge in [0.15, 0.2) is 5.96 Å². The molecule has 0 aliphatic heterocycles. The number of hydrogen-bond acceptors (Lipinski definition) is 4. The highest BCUT2D eigenvalue weighted by Gasteiger charge is 2.31. The topological polar surface area (TPSA) is 81.7 Å². The van der Waals surface area contributed by atoms with E-state index in [9.17, 15) is 4.79 Å². The van der Waals surface area contributed by atoms with Crippen LogP contribution in [0.1, 0.15) is 44.1 Å². The van der Waals surface area contributed by atoms with Gasteiger partial charge in [0.1, 0.15) is 5.82 Å². The fourth-order valence-corrected chi connectivity index (χ4v) is 4.28. The molecule has 2 saturated carbocycles. The Hall–Kier alpha value is -2.10. The van der Waals surface area contributed by atoms with Gasteiger partial charge in [-0.1, -0.05) is 24.6 Å². The molecule has 2 atom stereocenters. The van der Waals surface area contributed by atoms with Gasteiger partial charge in [0.05, 0.1) is 5.52 Å².